The quantitative estimate of drug-likeness (QED) is 0.837. The van der Waals surface area contributed by atoms with Crippen molar-refractivity contribution < 1.29 is 4.79 Å². The smallest absolute Gasteiger partial charge is 0.239 e. The third-order valence-corrected chi connectivity index (χ3v) is 3.26. The number of benzene rings is 1. The maximum Gasteiger partial charge on any atom is 0.239 e. The highest BCUT2D eigenvalue weighted by molar-refractivity contribution is 5.77. The summed E-state index contributed by atoms with van der Waals surface area (Å²) in [5.41, 5.74) is 2.51. The zero-order valence-electron chi connectivity index (χ0n) is 11.4. The molecule has 0 aliphatic carbocycles. The van der Waals surface area contributed by atoms with E-state index in [-0.39, 0.29) is 12.5 Å². The molecule has 0 radical (unpaired) electrons. The molecule has 0 fully saturated rings. The molecule has 0 aromatic heterocycles. The summed E-state index contributed by atoms with van der Waals surface area (Å²) in [5, 5.41) is 5.62. The molecule has 5 nitrogen and oxygen atoms in total. The minimum absolute atomic E-state index is 0.0492. The number of likely N-dealkylation sites (N-methyl/N-ethyl adjacent to an activating group) is 1. The van der Waals surface area contributed by atoms with Gasteiger partial charge in [-0.1, -0.05) is 24.8 Å². The largest absolute Gasteiger partial charge is 0.363 e. The number of anilines is 1. The van der Waals surface area contributed by atoms with E-state index in [1.165, 1.54) is 11.3 Å². The second kappa shape index (κ2) is 5.65. The van der Waals surface area contributed by atoms with E-state index in [1.807, 2.05) is 12.1 Å². The van der Waals surface area contributed by atoms with Gasteiger partial charge in [0.05, 0.1) is 19.0 Å². The Balaban J connectivity index is 2.00. The number of fused-ring (bicyclic) bond motifs is 1. The van der Waals surface area contributed by atoms with E-state index in [1.54, 1.807) is 7.05 Å². The van der Waals surface area contributed by atoms with Crippen LogP contribution in [0.5, 0.6) is 0 Å². The van der Waals surface area contributed by atoms with Gasteiger partial charge in [-0.3, -0.25) is 4.79 Å². The third-order valence-electron chi connectivity index (χ3n) is 3.26. The molecular formula is C14H20N4O. The number of hydrogen-bond acceptors (Lipinski definition) is 4. The highest BCUT2D eigenvalue weighted by Gasteiger charge is 2.20. The fourth-order valence-corrected chi connectivity index (χ4v) is 2.17. The lowest BCUT2D eigenvalue weighted by Gasteiger charge is -2.38. The molecule has 0 atom stereocenters. The number of hydrogen-bond donors (Lipinski definition) is 2. The molecule has 2 N–H and O–H groups in total. The van der Waals surface area contributed by atoms with Gasteiger partial charge in [0.15, 0.2) is 0 Å². The maximum absolute atomic E-state index is 11.2. The lowest BCUT2D eigenvalue weighted by molar-refractivity contribution is -0.119. The van der Waals surface area contributed by atoms with Crippen LogP contribution in [0.25, 0.3) is 0 Å². The van der Waals surface area contributed by atoms with Crippen LogP contribution in [0, 0.1) is 0 Å². The molecule has 1 aromatic rings. The Hall–Kier alpha value is -2.17. The molecule has 0 bridgehead atoms. The molecule has 1 aromatic carbocycles. The minimum atomic E-state index is -0.0492. The van der Waals surface area contributed by atoms with Crippen molar-refractivity contribution in [3.8, 4) is 0 Å². The van der Waals surface area contributed by atoms with Crippen molar-refractivity contribution in [2.24, 2.45) is 0 Å². The Morgan fingerprint density at radius 1 is 1.42 bits per heavy atom. The van der Waals surface area contributed by atoms with E-state index in [2.05, 4.69) is 46.2 Å². The molecule has 1 aliphatic heterocycles. The van der Waals surface area contributed by atoms with Crippen LogP contribution in [0.15, 0.2) is 36.7 Å². The van der Waals surface area contributed by atoms with Crippen LogP contribution in [0.4, 0.5) is 5.69 Å². The molecule has 0 saturated carbocycles. The van der Waals surface area contributed by atoms with Crippen LogP contribution in [-0.2, 0) is 11.3 Å². The first-order valence-electron chi connectivity index (χ1n) is 6.29. The average molecular weight is 260 g/mol. The summed E-state index contributed by atoms with van der Waals surface area (Å²) >= 11 is 0. The van der Waals surface area contributed by atoms with Crippen LogP contribution >= 0.6 is 0 Å². The second-order valence-electron chi connectivity index (χ2n) is 4.64. The van der Waals surface area contributed by atoms with Crippen LogP contribution < -0.4 is 15.5 Å². The van der Waals surface area contributed by atoms with E-state index in [0.29, 0.717) is 0 Å². The molecule has 1 aliphatic rings. The van der Waals surface area contributed by atoms with Gasteiger partial charge in [-0.15, -0.1) is 0 Å². The first-order chi connectivity index (χ1) is 9.11. The molecular weight excluding hydrogens is 240 g/mol. The van der Waals surface area contributed by atoms with Crippen LogP contribution in [0.3, 0.4) is 0 Å². The first kappa shape index (κ1) is 13.3. The highest BCUT2D eigenvalue weighted by Crippen LogP contribution is 2.26. The Bertz CT molecular complexity index is 486. The van der Waals surface area contributed by atoms with Gasteiger partial charge in [0.1, 0.15) is 0 Å². The Labute approximate surface area is 113 Å². The molecule has 1 amide bonds. The Kier molecular flexibility index (Phi) is 3.94. The van der Waals surface area contributed by atoms with Crippen molar-refractivity contribution in [3.63, 3.8) is 0 Å². The van der Waals surface area contributed by atoms with Gasteiger partial charge in [0.25, 0.3) is 0 Å². The number of nitrogens with zero attached hydrogens (tertiary/aromatic N) is 2. The van der Waals surface area contributed by atoms with E-state index in [0.717, 1.165) is 19.0 Å². The summed E-state index contributed by atoms with van der Waals surface area (Å²) in [5.74, 6) is 0.719. The Morgan fingerprint density at radius 2 is 2.16 bits per heavy atom. The summed E-state index contributed by atoms with van der Waals surface area (Å²) in [6, 6.07) is 8.32. The SMILES string of the molecule is C=C(NCC(=O)NC)N1Cc2ccccc2N(C)C1. The van der Waals surface area contributed by atoms with Crippen molar-refractivity contribution in [2.45, 2.75) is 6.54 Å². The molecule has 0 unspecified atom stereocenters. The monoisotopic (exact) mass is 260 g/mol. The summed E-state index contributed by atoms with van der Waals surface area (Å²) < 4.78 is 0. The number of rotatable bonds is 4. The molecule has 102 valence electrons. The van der Waals surface area contributed by atoms with Crippen LogP contribution in [0.2, 0.25) is 0 Å². The fourth-order valence-electron chi connectivity index (χ4n) is 2.17. The third kappa shape index (κ3) is 2.99. The summed E-state index contributed by atoms with van der Waals surface area (Å²) in [4.78, 5) is 15.5. The lowest BCUT2D eigenvalue weighted by Crippen LogP contribution is -2.44. The average Bonchev–Trinajstić information content (AvgIpc) is 2.44. The zero-order valence-corrected chi connectivity index (χ0v) is 11.4. The molecule has 1 heterocycles. The maximum atomic E-state index is 11.2. The van der Waals surface area contributed by atoms with Gasteiger partial charge in [-0.05, 0) is 11.6 Å². The van der Waals surface area contributed by atoms with E-state index in [9.17, 15) is 4.79 Å². The van der Waals surface area contributed by atoms with Crippen LogP contribution in [0.1, 0.15) is 5.56 Å². The minimum Gasteiger partial charge on any atom is -0.363 e. The first-order valence-corrected chi connectivity index (χ1v) is 6.29. The van der Waals surface area contributed by atoms with Crippen molar-refractivity contribution >= 4 is 11.6 Å². The predicted molar refractivity (Wildman–Crippen MR) is 76.5 cm³/mol. The van der Waals surface area contributed by atoms with Crippen molar-refractivity contribution in [1.82, 2.24) is 15.5 Å². The van der Waals surface area contributed by atoms with Crippen molar-refractivity contribution in [3.05, 3.63) is 42.2 Å². The molecule has 0 spiro atoms. The van der Waals surface area contributed by atoms with Gasteiger partial charge in [-0.25, -0.2) is 0 Å². The lowest BCUT2D eigenvalue weighted by atomic mass is 10.1. The van der Waals surface area contributed by atoms with E-state index < -0.39 is 0 Å². The standard InChI is InChI=1S/C14H20N4O/c1-11(16-8-14(19)15-2)18-9-12-6-4-5-7-13(12)17(3)10-18/h4-7,16H,1,8-10H2,2-3H3,(H,15,19). The number of para-hydroxylation sites is 1. The number of amides is 1. The molecule has 0 saturated heterocycles. The number of carbonyl (C=O) groups excluding carboxylic acids is 1. The van der Waals surface area contributed by atoms with Gasteiger partial charge < -0.3 is 20.4 Å². The zero-order chi connectivity index (χ0) is 13.8. The summed E-state index contributed by atoms with van der Waals surface area (Å²) in [7, 11) is 3.68. The Morgan fingerprint density at radius 3 is 2.89 bits per heavy atom. The fraction of sp³-hybridized carbons (Fsp3) is 0.357. The second-order valence-corrected chi connectivity index (χ2v) is 4.64. The highest BCUT2D eigenvalue weighted by atomic mass is 16.1. The van der Waals surface area contributed by atoms with Gasteiger partial charge in [0.2, 0.25) is 5.91 Å². The van der Waals surface area contributed by atoms with Crippen molar-refractivity contribution in [2.75, 3.05) is 32.2 Å². The molecule has 19 heavy (non-hydrogen) atoms. The summed E-state index contributed by atoms with van der Waals surface area (Å²) in [6.07, 6.45) is 0. The van der Waals surface area contributed by atoms with Crippen molar-refractivity contribution in [1.29, 1.82) is 0 Å². The number of nitrogens with one attached hydrogen (secondary N) is 2. The van der Waals surface area contributed by atoms with E-state index in [4.69, 9.17) is 0 Å². The van der Waals surface area contributed by atoms with Gasteiger partial charge in [0, 0.05) is 26.3 Å². The summed E-state index contributed by atoms with van der Waals surface area (Å²) in [6.45, 7) is 5.81. The number of carbonyl (C=O) groups is 1. The molecule has 2 rings (SSSR count). The topological polar surface area (TPSA) is 47.6 Å². The van der Waals surface area contributed by atoms with Gasteiger partial charge in [-0.2, -0.15) is 0 Å². The van der Waals surface area contributed by atoms with E-state index >= 15 is 0 Å². The normalized spacial score (nSPS) is 13.8. The predicted octanol–water partition coefficient (Wildman–Crippen LogP) is 0.703. The van der Waals surface area contributed by atoms with Crippen LogP contribution in [-0.4, -0.2) is 38.1 Å². The molecule has 5 heteroatoms. The van der Waals surface area contributed by atoms with Gasteiger partial charge >= 0.3 is 0 Å².